The summed E-state index contributed by atoms with van der Waals surface area (Å²) in [5.74, 6) is -1.79. The number of carbonyl (C=O) groups is 1. The van der Waals surface area contributed by atoms with E-state index in [2.05, 4.69) is 4.72 Å². The molecule has 0 aliphatic rings. The highest BCUT2D eigenvalue weighted by atomic mass is 32.2. The van der Waals surface area contributed by atoms with Gasteiger partial charge in [0.25, 0.3) is 11.5 Å². The molecule has 2 aromatic carbocycles. The van der Waals surface area contributed by atoms with Crippen molar-refractivity contribution in [3.8, 4) is 5.75 Å². The van der Waals surface area contributed by atoms with Crippen molar-refractivity contribution in [2.45, 2.75) is 6.61 Å². The fourth-order valence-electron chi connectivity index (χ4n) is 2.69. The normalized spacial score (nSPS) is 11.3. The number of aromatic hydroxyl groups is 1. The third-order valence-corrected chi connectivity index (χ3v) is 4.46. The second-order valence-electron chi connectivity index (χ2n) is 6.05. The second kappa shape index (κ2) is 7.24. The Morgan fingerprint density at radius 2 is 1.89 bits per heavy atom. The van der Waals surface area contributed by atoms with Crippen LogP contribution in [0.25, 0.3) is 10.9 Å². The van der Waals surface area contributed by atoms with E-state index in [1.54, 1.807) is 24.3 Å². The van der Waals surface area contributed by atoms with Gasteiger partial charge in [-0.2, -0.15) is 0 Å². The highest BCUT2D eigenvalue weighted by Crippen LogP contribution is 2.29. The Morgan fingerprint density at radius 3 is 2.50 bits per heavy atom. The molecule has 0 aliphatic carbocycles. The molecule has 0 saturated heterocycles. The summed E-state index contributed by atoms with van der Waals surface area (Å²) >= 11 is 0. The summed E-state index contributed by atoms with van der Waals surface area (Å²) < 4.78 is 26.0. The Morgan fingerprint density at radius 1 is 1.21 bits per heavy atom. The third-order valence-electron chi connectivity index (χ3n) is 3.86. The Hall–Kier alpha value is -3.53. The molecule has 0 spiro atoms. The first-order chi connectivity index (χ1) is 13.2. The molecule has 0 atom stereocenters. The summed E-state index contributed by atoms with van der Waals surface area (Å²) in [6.45, 7) is 0.0160. The molecule has 4 N–H and O–H groups in total. The monoisotopic (exact) mass is 403 g/mol. The smallest absolute Gasteiger partial charge is 0.300 e. The molecule has 1 heterocycles. The van der Waals surface area contributed by atoms with Crippen molar-refractivity contribution in [3.05, 3.63) is 70.0 Å². The van der Waals surface area contributed by atoms with Crippen LogP contribution in [0.15, 0.2) is 53.3 Å². The van der Waals surface area contributed by atoms with Gasteiger partial charge in [0.2, 0.25) is 10.0 Å². The predicted molar refractivity (Wildman–Crippen MR) is 104 cm³/mol. The molecule has 0 saturated carbocycles. The minimum Gasteiger partial charge on any atom is -0.506 e. The molecule has 0 unspecified atom stereocenters. The maximum Gasteiger partial charge on any atom is 0.300 e. The van der Waals surface area contributed by atoms with Crippen molar-refractivity contribution in [1.82, 2.24) is 4.73 Å². The predicted octanol–water partition coefficient (Wildman–Crippen LogP) is 0.806. The number of carbonyl (C=O) groups excluding carboxylic acids is 1. The van der Waals surface area contributed by atoms with Gasteiger partial charge in [0.15, 0.2) is 0 Å². The number of primary amides is 1. The fraction of sp³-hybridized carbons (Fsp3) is 0.111. The van der Waals surface area contributed by atoms with Gasteiger partial charge in [-0.1, -0.05) is 30.3 Å². The first kappa shape index (κ1) is 19.2. The Kier molecular flexibility index (Phi) is 4.97. The number of nitrogens with one attached hydrogen (secondary N) is 1. The van der Waals surface area contributed by atoms with Crippen LogP contribution in [0.2, 0.25) is 0 Å². The van der Waals surface area contributed by atoms with Crippen LogP contribution in [0.3, 0.4) is 0 Å². The lowest BCUT2D eigenvalue weighted by Gasteiger charge is -2.15. The average Bonchev–Trinajstić information content (AvgIpc) is 2.61. The summed E-state index contributed by atoms with van der Waals surface area (Å²) in [6.07, 6.45) is 0.968. The highest BCUT2D eigenvalue weighted by molar-refractivity contribution is 7.92. The molecule has 1 amide bonds. The molecule has 146 valence electrons. The van der Waals surface area contributed by atoms with Gasteiger partial charge in [0.1, 0.15) is 17.9 Å². The van der Waals surface area contributed by atoms with Crippen molar-refractivity contribution >= 4 is 32.5 Å². The number of amides is 1. The van der Waals surface area contributed by atoms with Gasteiger partial charge in [-0.3, -0.25) is 14.3 Å². The summed E-state index contributed by atoms with van der Waals surface area (Å²) in [6, 6.07) is 13.1. The van der Waals surface area contributed by atoms with Crippen molar-refractivity contribution in [2.75, 3.05) is 11.0 Å². The van der Waals surface area contributed by atoms with Crippen molar-refractivity contribution in [1.29, 1.82) is 0 Å². The van der Waals surface area contributed by atoms with Crippen molar-refractivity contribution in [2.24, 2.45) is 5.73 Å². The van der Waals surface area contributed by atoms with Crippen molar-refractivity contribution in [3.63, 3.8) is 0 Å². The van der Waals surface area contributed by atoms with Gasteiger partial charge in [-0.05, 0) is 23.8 Å². The topological polar surface area (TPSA) is 141 Å². The molecule has 10 heteroatoms. The standard InChI is InChI=1S/C18H17N3O6S/c1-28(25,26)20-12-7-8-14-13(9-12)16(22)15(17(19)23)18(24)21(14)27-10-11-5-3-2-4-6-11/h2-9,20,22H,10H2,1H3,(H2,19,23). The van der Waals surface area contributed by atoms with E-state index in [0.29, 0.717) is 0 Å². The van der Waals surface area contributed by atoms with Crippen molar-refractivity contribution < 1.29 is 23.2 Å². The quantitative estimate of drug-likeness (QED) is 0.556. The van der Waals surface area contributed by atoms with Gasteiger partial charge in [0.05, 0.1) is 11.8 Å². The zero-order valence-corrected chi connectivity index (χ0v) is 15.6. The number of hydrogen-bond donors (Lipinski definition) is 3. The molecule has 0 fully saturated rings. The minimum atomic E-state index is -3.57. The number of fused-ring (bicyclic) bond motifs is 1. The van der Waals surface area contributed by atoms with Crippen LogP contribution in [-0.2, 0) is 16.6 Å². The van der Waals surface area contributed by atoms with E-state index in [0.717, 1.165) is 16.5 Å². The fourth-order valence-corrected chi connectivity index (χ4v) is 3.25. The number of aromatic nitrogens is 1. The lowest BCUT2D eigenvalue weighted by atomic mass is 10.1. The minimum absolute atomic E-state index is 0.0160. The molecule has 9 nitrogen and oxygen atoms in total. The largest absolute Gasteiger partial charge is 0.506 e. The van der Waals surface area contributed by atoms with E-state index in [9.17, 15) is 23.1 Å². The molecule has 3 aromatic rings. The second-order valence-corrected chi connectivity index (χ2v) is 7.80. The number of anilines is 1. The van der Waals surface area contributed by atoms with E-state index in [1.807, 2.05) is 6.07 Å². The van der Waals surface area contributed by atoms with E-state index in [4.69, 9.17) is 10.6 Å². The van der Waals surface area contributed by atoms with Gasteiger partial charge in [-0.15, -0.1) is 4.73 Å². The van der Waals surface area contributed by atoms with Gasteiger partial charge in [-0.25, -0.2) is 8.42 Å². The van der Waals surface area contributed by atoms with Crippen LogP contribution in [0.4, 0.5) is 5.69 Å². The number of nitrogens with two attached hydrogens (primary N) is 1. The zero-order chi connectivity index (χ0) is 20.5. The average molecular weight is 403 g/mol. The molecule has 28 heavy (non-hydrogen) atoms. The van der Waals surface area contributed by atoms with Crippen LogP contribution in [0.1, 0.15) is 15.9 Å². The number of rotatable bonds is 6. The molecule has 0 aliphatic heterocycles. The Bertz CT molecular complexity index is 1220. The van der Waals surface area contributed by atoms with Crippen LogP contribution in [0.5, 0.6) is 5.75 Å². The molecule has 3 rings (SSSR count). The number of nitrogens with zero attached hydrogens (tertiary/aromatic N) is 1. The maximum atomic E-state index is 12.6. The number of pyridine rings is 1. The lowest BCUT2D eigenvalue weighted by Crippen LogP contribution is -2.33. The number of benzene rings is 2. The SMILES string of the molecule is CS(=O)(=O)Nc1ccc2c(c1)c(O)c(C(N)=O)c(=O)n2OCc1ccccc1. The van der Waals surface area contributed by atoms with Gasteiger partial charge >= 0.3 is 0 Å². The molecule has 0 radical (unpaired) electrons. The third kappa shape index (κ3) is 3.91. The van der Waals surface area contributed by atoms with E-state index < -0.39 is 32.8 Å². The van der Waals surface area contributed by atoms with Crippen LogP contribution in [-0.4, -0.2) is 30.4 Å². The summed E-state index contributed by atoms with van der Waals surface area (Å²) in [7, 11) is -3.57. The Labute approximate surface area is 160 Å². The highest BCUT2D eigenvalue weighted by Gasteiger charge is 2.22. The van der Waals surface area contributed by atoms with E-state index in [1.165, 1.54) is 18.2 Å². The van der Waals surface area contributed by atoms with E-state index >= 15 is 0 Å². The summed E-state index contributed by atoms with van der Waals surface area (Å²) in [4.78, 5) is 29.9. The molecular weight excluding hydrogens is 386 g/mol. The first-order valence-corrected chi connectivity index (χ1v) is 9.93. The summed E-state index contributed by atoms with van der Waals surface area (Å²) in [5.41, 5.74) is 4.71. The van der Waals surface area contributed by atoms with E-state index in [-0.39, 0.29) is 23.2 Å². The van der Waals surface area contributed by atoms with Gasteiger partial charge in [0, 0.05) is 11.1 Å². The molecule has 0 bridgehead atoms. The Balaban J connectivity index is 2.18. The first-order valence-electron chi connectivity index (χ1n) is 8.04. The lowest BCUT2D eigenvalue weighted by molar-refractivity contribution is 0.0926. The molecule has 1 aromatic heterocycles. The van der Waals surface area contributed by atoms with Crippen LogP contribution in [0, 0.1) is 0 Å². The zero-order valence-electron chi connectivity index (χ0n) is 14.7. The maximum absolute atomic E-state index is 12.6. The number of sulfonamides is 1. The summed E-state index contributed by atoms with van der Waals surface area (Å²) in [5, 5.41) is 10.4. The van der Waals surface area contributed by atoms with Crippen LogP contribution < -0.4 is 20.9 Å². The van der Waals surface area contributed by atoms with Gasteiger partial charge < -0.3 is 15.7 Å². The number of hydrogen-bond acceptors (Lipinski definition) is 6. The molecular formula is C18H17N3O6S. The van der Waals surface area contributed by atoms with Crippen LogP contribution >= 0.6 is 0 Å².